The van der Waals surface area contributed by atoms with Crippen LogP contribution in [-0.2, 0) is 4.74 Å². The Morgan fingerprint density at radius 3 is 2.75 bits per heavy atom. The fourth-order valence-corrected chi connectivity index (χ4v) is 2.07. The number of nitrogens with one attached hydrogen (secondary N) is 2. The minimum atomic E-state index is -0.599. The molecule has 0 fully saturated rings. The molecule has 0 bridgehead atoms. The number of carbonyl (C=O) groups is 1. The molecule has 0 aliphatic carbocycles. The maximum atomic E-state index is 12.1. The van der Waals surface area contributed by atoms with Crippen molar-refractivity contribution < 1.29 is 9.53 Å². The van der Waals surface area contributed by atoms with Gasteiger partial charge in [0.1, 0.15) is 5.56 Å². The SMILES string of the molecule is CCCNc1c(C(=O)OCC)c(=O)[nH]c2ccccc12. The number of aromatic nitrogens is 1. The summed E-state index contributed by atoms with van der Waals surface area (Å²) in [6.45, 7) is 4.65. The number of aromatic amines is 1. The lowest BCUT2D eigenvalue weighted by molar-refractivity contribution is 0.0525. The minimum absolute atomic E-state index is 0.0407. The van der Waals surface area contributed by atoms with Crippen LogP contribution >= 0.6 is 0 Å². The quantitative estimate of drug-likeness (QED) is 0.822. The third kappa shape index (κ3) is 2.66. The molecule has 1 aromatic carbocycles. The summed E-state index contributed by atoms with van der Waals surface area (Å²) in [5, 5.41) is 3.97. The number of rotatable bonds is 5. The van der Waals surface area contributed by atoms with E-state index in [4.69, 9.17) is 4.74 Å². The predicted octanol–water partition coefficient (Wildman–Crippen LogP) is 2.53. The van der Waals surface area contributed by atoms with E-state index in [1.807, 2.05) is 31.2 Å². The average Bonchev–Trinajstić information content (AvgIpc) is 2.44. The smallest absolute Gasteiger partial charge is 0.345 e. The van der Waals surface area contributed by atoms with Crippen molar-refractivity contribution in [3.05, 3.63) is 40.2 Å². The van der Waals surface area contributed by atoms with E-state index < -0.39 is 11.5 Å². The molecular weight excluding hydrogens is 256 g/mol. The van der Waals surface area contributed by atoms with Gasteiger partial charge in [0.05, 0.1) is 17.8 Å². The molecule has 5 heteroatoms. The summed E-state index contributed by atoms with van der Waals surface area (Å²) in [6, 6.07) is 7.38. The fraction of sp³-hybridized carbons (Fsp3) is 0.333. The minimum Gasteiger partial charge on any atom is -0.462 e. The molecule has 0 saturated carbocycles. The second kappa shape index (κ2) is 6.23. The van der Waals surface area contributed by atoms with Gasteiger partial charge >= 0.3 is 5.97 Å². The number of fused-ring (bicyclic) bond motifs is 1. The van der Waals surface area contributed by atoms with Gasteiger partial charge in [0.2, 0.25) is 0 Å². The van der Waals surface area contributed by atoms with E-state index >= 15 is 0 Å². The molecule has 1 aromatic heterocycles. The van der Waals surface area contributed by atoms with E-state index in [0.717, 1.165) is 11.8 Å². The first kappa shape index (κ1) is 14.1. The Balaban J connectivity index is 2.67. The number of ether oxygens (including phenoxy) is 1. The zero-order valence-electron chi connectivity index (χ0n) is 11.7. The second-order valence-electron chi connectivity index (χ2n) is 4.40. The van der Waals surface area contributed by atoms with Crippen molar-refractivity contribution in [1.29, 1.82) is 0 Å². The first-order valence-electron chi connectivity index (χ1n) is 6.75. The third-order valence-corrected chi connectivity index (χ3v) is 2.95. The lowest BCUT2D eigenvalue weighted by atomic mass is 10.1. The van der Waals surface area contributed by atoms with Crippen molar-refractivity contribution >= 4 is 22.6 Å². The highest BCUT2D eigenvalue weighted by Crippen LogP contribution is 2.24. The van der Waals surface area contributed by atoms with Gasteiger partial charge in [-0.15, -0.1) is 0 Å². The maximum Gasteiger partial charge on any atom is 0.345 e. The summed E-state index contributed by atoms with van der Waals surface area (Å²) in [6.07, 6.45) is 0.892. The molecule has 20 heavy (non-hydrogen) atoms. The number of anilines is 1. The number of hydrogen-bond donors (Lipinski definition) is 2. The van der Waals surface area contributed by atoms with Gasteiger partial charge in [0, 0.05) is 11.9 Å². The second-order valence-corrected chi connectivity index (χ2v) is 4.40. The van der Waals surface area contributed by atoms with Gasteiger partial charge in [0.15, 0.2) is 0 Å². The predicted molar refractivity (Wildman–Crippen MR) is 79.3 cm³/mol. The van der Waals surface area contributed by atoms with Gasteiger partial charge < -0.3 is 15.0 Å². The van der Waals surface area contributed by atoms with Crippen molar-refractivity contribution in [2.75, 3.05) is 18.5 Å². The maximum absolute atomic E-state index is 12.1. The number of carbonyl (C=O) groups excluding carboxylic acids is 1. The van der Waals surface area contributed by atoms with Gasteiger partial charge in [-0.1, -0.05) is 25.1 Å². The number of pyridine rings is 1. The summed E-state index contributed by atoms with van der Waals surface area (Å²) in [4.78, 5) is 26.9. The molecule has 0 amide bonds. The number of benzene rings is 1. The van der Waals surface area contributed by atoms with E-state index in [0.29, 0.717) is 17.7 Å². The molecule has 0 atom stereocenters. The van der Waals surface area contributed by atoms with Gasteiger partial charge in [-0.2, -0.15) is 0 Å². The molecule has 106 valence electrons. The molecule has 1 heterocycles. The van der Waals surface area contributed by atoms with Crippen LogP contribution in [-0.4, -0.2) is 24.1 Å². The van der Waals surface area contributed by atoms with Crippen molar-refractivity contribution in [2.45, 2.75) is 20.3 Å². The Kier molecular flexibility index (Phi) is 4.40. The van der Waals surface area contributed by atoms with Gasteiger partial charge in [-0.05, 0) is 19.4 Å². The summed E-state index contributed by atoms with van der Waals surface area (Å²) in [5.41, 5.74) is 0.855. The Labute approximate surface area is 117 Å². The number of esters is 1. The van der Waals surface area contributed by atoms with Gasteiger partial charge in [0.25, 0.3) is 5.56 Å². The summed E-state index contributed by atoms with van der Waals surface area (Å²) in [7, 11) is 0. The van der Waals surface area contributed by atoms with Crippen molar-refractivity contribution in [2.24, 2.45) is 0 Å². The molecule has 0 unspecified atom stereocenters. The lowest BCUT2D eigenvalue weighted by Gasteiger charge is -2.13. The first-order valence-corrected chi connectivity index (χ1v) is 6.75. The highest BCUT2D eigenvalue weighted by Gasteiger charge is 2.20. The van der Waals surface area contributed by atoms with Crippen LogP contribution in [0.5, 0.6) is 0 Å². The number of para-hydroxylation sites is 1. The Morgan fingerprint density at radius 2 is 2.05 bits per heavy atom. The van der Waals surface area contributed by atoms with E-state index in [-0.39, 0.29) is 12.2 Å². The molecule has 0 spiro atoms. The molecule has 0 aliphatic rings. The zero-order chi connectivity index (χ0) is 14.5. The van der Waals surface area contributed by atoms with E-state index in [1.54, 1.807) is 6.92 Å². The monoisotopic (exact) mass is 274 g/mol. The van der Waals surface area contributed by atoms with Gasteiger partial charge in [-0.25, -0.2) is 4.79 Å². The van der Waals surface area contributed by atoms with E-state index in [1.165, 1.54) is 0 Å². The summed E-state index contributed by atoms with van der Waals surface area (Å²) >= 11 is 0. The Hall–Kier alpha value is -2.30. The van der Waals surface area contributed by atoms with Crippen molar-refractivity contribution in [3.8, 4) is 0 Å². The number of H-pyrrole nitrogens is 1. The molecule has 2 aromatic rings. The van der Waals surface area contributed by atoms with E-state index in [2.05, 4.69) is 10.3 Å². The largest absolute Gasteiger partial charge is 0.462 e. The van der Waals surface area contributed by atoms with Gasteiger partial charge in [-0.3, -0.25) is 4.79 Å². The molecule has 0 aliphatic heterocycles. The van der Waals surface area contributed by atoms with Crippen LogP contribution in [0.15, 0.2) is 29.1 Å². The Bertz CT molecular complexity index is 676. The lowest BCUT2D eigenvalue weighted by Crippen LogP contribution is -2.23. The molecule has 0 radical (unpaired) electrons. The third-order valence-electron chi connectivity index (χ3n) is 2.95. The molecule has 0 saturated heterocycles. The van der Waals surface area contributed by atoms with Crippen LogP contribution < -0.4 is 10.9 Å². The van der Waals surface area contributed by atoms with Crippen LogP contribution in [0.4, 0.5) is 5.69 Å². The fourth-order valence-electron chi connectivity index (χ4n) is 2.07. The van der Waals surface area contributed by atoms with Crippen molar-refractivity contribution in [3.63, 3.8) is 0 Å². The zero-order valence-corrected chi connectivity index (χ0v) is 11.7. The van der Waals surface area contributed by atoms with Crippen molar-refractivity contribution in [1.82, 2.24) is 4.98 Å². The van der Waals surface area contributed by atoms with Crippen LogP contribution in [0.1, 0.15) is 30.6 Å². The normalized spacial score (nSPS) is 10.5. The first-order chi connectivity index (χ1) is 9.69. The van der Waals surface area contributed by atoms with Crippen LogP contribution in [0.2, 0.25) is 0 Å². The average molecular weight is 274 g/mol. The highest BCUT2D eigenvalue weighted by atomic mass is 16.5. The van der Waals surface area contributed by atoms with Crippen LogP contribution in [0.25, 0.3) is 10.9 Å². The molecule has 2 N–H and O–H groups in total. The van der Waals surface area contributed by atoms with Crippen LogP contribution in [0.3, 0.4) is 0 Å². The molecular formula is C15H18N2O3. The topological polar surface area (TPSA) is 71.2 Å². The van der Waals surface area contributed by atoms with E-state index in [9.17, 15) is 9.59 Å². The molecule has 5 nitrogen and oxygen atoms in total. The molecule has 2 rings (SSSR count). The highest BCUT2D eigenvalue weighted by molar-refractivity contribution is 6.04. The standard InChI is InChI=1S/C15H18N2O3/c1-3-9-16-13-10-7-5-6-8-11(10)17-14(18)12(13)15(19)20-4-2/h5-8H,3-4,9H2,1-2H3,(H2,16,17,18). The number of hydrogen-bond acceptors (Lipinski definition) is 4. The van der Waals surface area contributed by atoms with Crippen LogP contribution in [0, 0.1) is 0 Å². The Morgan fingerprint density at radius 1 is 1.30 bits per heavy atom. The summed E-state index contributed by atoms with van der Waals surface area (Å²) < 4.78 is 4.98. The summed E-state index contributed by atoms with van der Waals surface area (Å²) in [5.74, 6) is -0.599.